The molecular weight excluding hydrogens is 366 g/mol. The Morgan fingerprint density at radius 3 is 2.03 bits per heavy atom. The van der Waals surface area contributed by atoms with Gasteiger partial charge >= 0.3 is 12.1 Å². The molecular formula is C24H27NO4. The van der Waals surface area contributed by atoms with Crippen LogP contribution in [0.5, 0.6) is 0 Å². The van der Waals surface area contributed by atoms with Gasteiger partial charge in [0.05, 0.1) is 5.92 Å². The first-order valence-electron chi connectivity index (χ1n) is 10.1. The minimum Gasteiger partial charge on any atom is -0.481 e. The van der Waals surface area contributed by atoms with Crippen LogP contribution in [0, 0.1) is 17.3 Å². The van der Waals surface area contributed by atoms with Crippen LogP contribution in [0.4, 0.5) is 4.79 Å². The highest BCUT2D eigenvalue weighted by Crippen LogP contribution is 2.44. The summed E-state index contributed by atoms with van der Waals surface area (Å²) in [5.41, 5.74) is 4.51. The molecule has 1 heterocycles. The van der Waals surface area contributed by atoms with Gasteiger partial charge < -0.3 is 14.7 Å². The zero-order valence-electron chi connectivity index (χ0n) is 17.1. The molecule has 1 N–H and O–H groups in total. The molecule has 0 radical (unpaired) electrons. The number of hydrogen-bond acceptors (Lipinski definition) is 3. The third-order valence-corrected chi connectivity index (χ3v) is 6.34. The third kappa shape index (κ3) is 3.50. The number of likely N-dealkylation sites (tertiary alicyclic amines) is 1. The Labute approximate surface area is 171 Å². The summed E-state index contributed by atoms with van der Waals surface area (Å²) in [6.45, 7) is 6.94. The van der Waals surface area contributed by atoms with E-state index in [4.69, 9.17) is 4.74 Å². The maximum Gasteiger partial charge on any atom is 0.409 e. The number of fused-ring (bicyclic) bond motifs is 3. The lowest BCUT2D eigenvalue weighted by atomic mass is 9.75. The molecule has 0 spiro atoms. The lowest BCUT2D eigenvalue weighted by Gasteiger charge is -2.29. The molecule has 2 unspecified atom stereocenters. The predicted octanol–water partition coefficient (Wildman–Crippen LogP) is 4.61. The minimum absolute atomic E-state index is 0.00244. The van der Waals surface area contributed by atoms with Crippen LogP contribution in [0.25, 0.3) is 11.1 Å². The lowest BCUT2D eigenvalue weighted by Crippen LogP contribution is -2.32. The first-order valence-corrected chi connectivity index (χ1v) is 10.1. The van der Waals surface area contributed by atoms with Crippen LogP contribution < -0.4 is 0 Å². The van der Waals surface area contributed by atoms with E-state index in [0.29, 0.717) is 6.54 Å². The maximum atomic E-state index is 12.8. The van der Waals surface area contributed by atoms with Crippen molar-refractivity contribution in [2.45, 2.75) is 26.7 Å². The number of carboxylic acid groups (broad SMARTS) is 1. The molecule has 152 valence electrons. The lowest BCUT2D eigenvalue weighted by molar-refractivity contribution is -0.143. The number of nitrogens with zero attached hydrogens (tertiary/aromatic N) is 1. The predicted molar refractivity (Wildman–Crippen MR) is 111 cm³/mol. The minimum atomic E-state index is -0.848. The SMILES string of the molecule is CC(C)(C)C1CN(C(=O)OCC2c3ccccc3-c3ccccc32)CC1C(=O)O. The number of benzene rings is 2. The Kier molecular flexibility index (Phi) is 4.85. The van der Waals surface area contributed by atoms with E-state index in [9.17, 15) is 14.7 Å². The summed E-state index contributed by atoms with van der Waals surface area (Å²) in [4.78, 5) is 26.0. The summed E-state index contributed by atoms with van der Waals surface area (Å²) in [5.74, 6) is -1.50. The summed E-state index contributed by atoms with van der Waals surface area (Å²) in [7, 11) is 0. The van der Waals surface area contributed by atoms with Crippen molar-refractivity contribution in [3.8, 4) is 11.1 Å². The van der Waals surface area contributed by atoms with Gasteiger partial charge in [0.1, 0.15) is 6.61 Å². The zero-order chi connectivity index (χ0) is 20.8. The van der Waals surface area contributed by atoms with Crippen LogP contribution >= 0.6 is 0 Å². The number of carbonyl (C=O) groups is 2. The topological polar surface area (TPSA) is 66.8 Å². The molecule has 2 aromatic carbocycles. The van der Waals surface area contributed by atoms with E-state index in [1.54, 1.807) is 4.90 Å². The highest BCUT2D eigenvalue weighted by Gasteiger charge is 2.45. The van der Waals surface area contributed by atoms with Crippen molar-refractivity contribution >= 4 is 12.1 Å². The van der Waals surface area contributed by atoms with E-state index in [1.807, 2.05) is 45.0 Å². The Hall–Kier alpha value is -2.82. The second-order valence-corrected chi connectivity index (χ2v) is 9.13. The number of rotatable bonds is 3. The van der Waals surface area contributed by atoms with Crippen molar-refractivity contribution in [3.05, 3.63) is 59.7 Å². The second kappa shape index (κ2) is 7.21. The number of carboxylic acids is 1. The Morgan fingerprint density at radius 1 is 1.00 bits per heavy atom. The van der Waals surface area contributed by atoms with Gasteiger partial charge in [-0.25, -0.2) is 4.79 Å². The van der Waals surface area contributed by atoms with Crippen LogP contribution in [0.1, 0.15) is 37.8 Å². The molecule has 5 heteroatoms. The molecule has 1 aliphatic heterocycles. The first-order chi connectivity index (χ1) is 13.8. The van der Waals surface area contributed by atoms with Crippen molar-refractivity contribution in [3.63, 3.8) is 0 Å². The van der Waals surface area contributed by atoms with Crippen LogP contribution in [0.3, 0.4) is 0 Å². The Bertz CT molecular complexity index is 900. The Balaban J connectivity index is 1.49. The third-order valence-electron chi connectivity index (χ3n) is 6.34. The smallest absolute Gasteiger partial charge is 0.409 e. The molecule has 29 heavy (non-hydrogen) atoms. The fourth-order valence-electron chi connectivity index (χ4n) is 4.77. The highest BCUT2D eigenvalue weighted by molar-refractivity contribution is 5.79. The standard InChI is InChI=1S/C24H27NO4/c1-24(2,3)21-13-25(12-19(21)22(26)27)23(28)29-14-20-17-10-6-4-8-15(17)16-9-5-7-11-18(16)20/h4-11,19-21H,12-14H2,1-3H3,(H,26,27). The summed E-state index contributed by atoms with van der Waals surface area (Å²) >= 11 is 0. The quantitative estimate of drug-likeness (QED) is 0.827. The molecule has 4 rings (SSSR count). The van der Waals surface area contributed by atoms with Crippen molar-refractivity contribution < 1.29 is 19.4 Å². The normalized spacial score (nSPS) is 21.0. The summed E-state index contributed by atoms with van der Waals surface area (Å²) in [5, 5.41) is 9.59. The summed E-state index contributed by atoms with van der Waals surface area (Å²) in [6.07, 6.45) is -0.426. The van der Waals surface area contributed by atoms with Gasteiger partial charge in [0.2, 0.25) is 0 Å². The number of carbonyl (C=O) groups excluding carboxylic acids is 1. The number of hydrogen-bond donors (Lipinski definition) is 1. The van der Waals surface area contributed by atoms with Crippen molar-refractivity contribution in [1.29, 1.82) is 0 Å². The molecule has 1 aliphatic carbocycles. The highest BCUT2D eigenvalue weighted by atomic mass is 16.6. The van der Waals surface area contributed by atoms with Gasteiger partial charge in [0.15, 0.2) is 0 Å². The number of ether oxygens (including phenoxy) is 1. The second-order valence-electron chi connectivity index (χ2n) is 9.13. The molecule has 1 saturated heterocycles. The van der Waals surface area contributed by atoms with Gasteiger partial charge in [-0.1, -0.05) is 69.3 Å². The van der Waals surface area contributed by atoms with Crippen LogP contribution in [-0.4, -0.2) is 41.8 Å². The Morgan fingerprint density at radius 2 is 1.55 bits per heavy atom. The van der Waals surface area contributed by atoms with Crippen LogP contribution in [0.2, 0.25) is 0 Å². The van der Waals surface area contributed by atoms with Crippen molar-refractivity contribution in [2.75, 3.05) is 19.7 Å². The molecule has 2 aliphatic rings. The molecule has 2 aromatic rings. The average molecular weight is 393 g/mol. The van der Waals surface area contributed by atoms with Gasteiger partial charge in [-0.2, -0.15) is 0 Å². The zero-order valence-corrected chi connectivity index (χ0v) is 17.1. The van der Waals surface area contributed by atoms with E-state index < -0.39 is 18.0 Å². The molecule has 1 amide bonds. The van der Waals surface area contributed by atoms with E-state index in [-0.39, 0.29) is 30.4 Å². The molecule has 0 saturated carbocycles. The van der Waals surface area contributed by atoms with E-state index in [0.717, 1.165) is 0 Å². The maximum absolute atomic E-state index is 12.8. The summed E-state index contributed by atoms with van der Waals surface area (Å²) < 4.78 is 5.71. The van der Waals surface area contributed by atoms with Gasteiger partial charge in [-0.15, -0.1) is 0 Å². The largest absolute Gasteiger partial charge is 0.481 e. The van der Waals surface area contributed by atoms with Crippen LogP contribution in [-0.2, 0) is 9.53 Å². The molecule has 0 aromatic heterocycles. The van der Waals surface area contributed by atoms with E-state index in [2.05, 4.69) is 24.3 Å². The van der Waals surface area contributed by atoms with Gasteiger partial charge in [-0.3, -0.25) is 4.79 Å². The van der Waals surface area contributed by atoms with Crippen molar-refractivity contribution in [1.82, 2.24) is 4.90 Å². The monoisotopic (exact) mass is 393 g/mol. The van der Waals surface area contributed by atoms with E-state index in [1.165, 1.54) is 22.3 Å². The summed E-state index contributed by atoms with van der Waals surface area (Å²) in [6, 6.07) is 16.4. The van der Waals surface area contributed by atoms with E-state index >= 15 is 0 Å². The fraction of sp³-hybridized carbons (Fsp3) is 0.417. The average Bonchev–Trinajstić information content (AvgIpc) is 3.27. The molecule has 5 nitrogen and oxygen atoms in total. The van der Waals surface area contributed by atoms with Crippen molar-refractivity contribution in [2.24, 2.45) is 17.3 Å². The molecule has 1 fully saturated rings. The number of amides is 1. The van der Waals surface area contributed by atoms with Gasteiger partial charge in [0, 0.05) is 19.0 Å². The number of aliphatic carboxylic acids is 1. The van der Waals surface area contributed by atoms with Gasteiger partial charge in [0.25, 0.3) is 0 Å². The molecule has 2 atom stereocenters. The molecule has 0 bridgehead atoms. The fourth-order valence-corrected chi connectivity index (χ4v) is 4.77. The first kappa shape index (κ1) is 19.5. The van der Waals surface area contributed by atoms with Gasteiger partial charge in [-0.05, 0) is 33.6 Å². The van der Waals surface area contributed by atoms with Crippen LogP contribution in [0.15, 0.2) is 48.5 Å².